The first kappa shape index (κ1) is 14.7. The zero-order chi connectivity index (χ0) is 12.1. The minimum atomic E-state index is 0. The van der Waals surface area contributed by atoms with E-state index in [1.54, 1.807) is 7.11 Å². The molecular weight excluding hydrogens is 337 g/mol. The highest BCUT2D eigenvalue weighted by molar-refractivity contribution is 14.0. The summed E-state index contributed by atoms with van der Waals surface area (Å²) in [5.41, 5.74) is 2.36. The molecule has 2 rings (SSSR count). The molecule has 2 nitrogen and oxygen atoms in total. The number of pyridine rings is 1. The monoisotopic (exact) mass is 354 g/mol. The molecule has 1 aromatic heterocycles. The van der Waals surface area contributed by atoms with Gasteiger partial charge in [0.2, 0.25) is 0 Å². The lowest BCUT2D eigenvalue weighted by Crippen LogP contribution is -2.25. The van der Waals surface area contributed by atoms with Crippen molar-refractivity contribution in [3.63, 3.8) is 0 Å². The lowest BCUT2D eigenvalue weighted by Gasteiger charge is -1.99. The van der Waals surface area contributed by atoms with Crippen molar-refractivity contribution in [2.24, 2.45) is 7.05 Å². The molecule has 18 heavy (non-hydrogen) atoms. The first-order chi connectivity index (χ1) is 8.28. The Bertz CT molecular complexity index is 503. The molecule has 0 radical (unpaired) electrons. The fourth-order valence-corrected chi connectivity index (χ4v) is 1.53. The van der Waals surface area contributed by atoms with Gasteiger partial charge in [0, 0.05) is 12.1 Å². The van der Waals surface area contributed by atoms with Gasteiger partial charge in [0.1, 0.15) is 12.8 Å². The Kier molecular flexibility index (Phi) is 5.85. The maximum atomic E-state index is 5.12. The van der Waals surface area contributed by atoms with Gasteiger partial charge in [-0.1, -0.05) is 24.3 Å². The summed E-state index contributed by atoms with van der Waals surface area (Å²) in [6.07, 6.45) is 8.26. The second-order valence-electron chi connectivity index (χ2n) is 3.90. The average molecular weight is 354 g/mol. The normalized spacial score (nSPS) is 10.1. The van der Waals surface area contributed by atoms with E-state index in [0.717, 1.165) is 5.75 Å². The SMILES string of the molecule is COc1ccc(C=Cc2cc[n+](C)cc2)cc1.I. The number of nitrogens with zero attached hydrogens (tertiary/aromatic N) is 1. The Morgan fingerprint density at radius 2 is 1.39 bits per heavy atom. The van der Waals surface area contributed by atoms with E-state index < -0.39 is 0 Å². The number of benzene rings is 1. The van der Waals surface area contributed by atoms with Crippen molar-refractivity contribution in [1.29, 1.82) is 0 Å². The van der Waals surface area contributed by atoms with E-state index in [0.29, 0.717) is 0 Å². The van der Waals surface area contributed by atoms with Crippen molar-refractivity contribution in [2.45, 2.75) is 0 Å². The second kappa shape index (κ2) is 7.16. The summed E-state index contributed by atoms with van der Waals surface area (Å²) in [6.45, 7) is 0. The van der Waals surface area contributed by atoms with Crippen LogP contribution in [-0.4, -0.2) is 7.11 Å². The van der Waals surface area contributed by atoms with Crippen molar-refractivity contribution in [3.05, 3.63) is 59.9 Å². The molecule has 0 saturated heterocycles. The van der Waals surface area contributed by atoms with Crippen LogP contribution in [0.4, 0.5) is 0 Å². The first-order valence-corrected chi connectivity index (χ1v) is 5.55. The molecule has 0 bridgehead atoms. The van der Waals surface area contributed by atoms with Crippen LogP contribution in [0, 0.1) is 0 Å². The third kappa shape index (κ3) is 4.14. The van der Waals surface area contributed by atoms with Crippen LogP contribution in [0.15, 0.2) is 48.8 Å². The van der Waals surface area contributed by atoms with Crippen LogP contribution in [0.2, 0.25) is 0 Å². The maximum Gasteiger partial charge on any atom is 0.169 e. The highest BCUT2D eigenvalue weighted by Crippen LogP contribution is 2.13. The van der Waals surface area contributed by atoms with Gasteiger partial charge < -0.3 is 4.74 Å². The van der Waals surface area contributed by atoms with E-state index >= 15 is 0 Å². The maximum absolute atomic E-state index is 5.12. The number of aromatic nitrogens is 1. The van der Waals surface area contributed by atoms with E-state index in [1.807, 2.05) is 48.3 Å². The third-order valence-corrected chi connectivity index (χ3v) is 2.59. The van der Waals surface area contributed by atoms with Gasteiger partial charge in [-0.15, -0.1) is 24.0 Å². The molecule has 0 N–H and O–H groups in total. The number of hydrogen-bond acceptors (Lipinski definition) is 1. The van der Waals surface area contributed by atoms with E-state index in [4.69, 9.17) is 4.74 Å². The standard InChI is InChI=1S/C15H16NO.HI/c1-16-11-9-14(10-12-16)4-3-13-5-7-15(17-2)8-6-13;/h3-12H,1-2H3;1H/q+1;. The lowest BCUT2D eigenvalue weighted by atomic mass is 10.1. The van der Waals surface area contributed by atoms with Crippen LogP contribution >= 0.6 is 24.0 Å². The van der Waals surface area contributed by atoms with Gasteiger partial charge in [-0.3, -0.25) is 0 Å². The summed E-state index contributed by atoms with van der Waals surface area (Å²) in [5, 5.41) is 0. The van der Waals surface area contributed by atoms with Gasteiger partial charge in [0.25, 0.3) is 0 Å². The molecule has 0 aliphatic heterocycles. The van der Waals surface area contributed by atoms with E-state index in [2.05, 4.69) is 24.3 Å². The Labute approximate surface area is 125 Å². The largest absolute Gasteiger partial charge is 0.497 e. The minimum absolute atomic E-state index is 0. The zero-order valence-electron chi connectivity index (χ0n) is 10.5. The molecule has 0 spiro atoms. The number of rotatable bonds is 3. The van der Waals surface area contributed by atoms with Gasteiger partial charge in [0.15, 0.2) is 12.4 Å². The van der Waals surface area contributed by atoms with Crippen LogP contribution in [-0.2, 0) is 7.05 Å². The molecule has 0 unspecified atom stereocenters. The third-order valence-electron chi connectivity index (χ3n) is 2.59. The van der Waals surface area contributed by atoms with Gasteiger partial charge in [-0.2, -0.15) is 0 Å². The smallest absolute Gasteiger partial charge is 0.169 e. The Hall–Kier alpha value is -1.36. The van der Waals surface area contributed by atoms with E-state index in [1.165, 1.54) is 11.1 Å². The van der Waals surface area contributed by atoms with Crippen LogP contribution < -0.4 is 9.30 Å². The fourth-order valence-electron chi connectivity index (χ4n) is 1.53. The van der Waals surface area contributed by atoms with Crippen molar-refractivity contribution in [1.82, 2.24) is 0 Å². The molecule has 3 heteroatoms. The summed E-state index contributed by atoms with van der Waals surface area (Å²) < 4.78 is 7.14. The number of methoxy groups -OCH3 is 1. The van der Waals surface area contributed by atoms with Crippen molar-refractivity contribution in [2.75, 3.05) is 7.11 Å². The molecule has 1 heterocycles. The number of ether oxygens (including phenoxy) is 1. The molecule has 0 amide bonds. The Morgan fingerprint density at radius 1 is 0.889 bits per heavy atom. The molecule has 0 saturated carbocycles. The molecule has 2 aromatic rings. The van der Waals surface area contributed by atoms with Gasteiger partial charge in [-0.05, 0) is 23.3 Å². The Morgan fingerprint density at radius 3 is 1.89 bits per heavy atom. The van der Waals surface area contributed by atoms with Crippen LogP contribution in [0.25, 0.3) is 12.2 Å². The van der Waals surface area contributed by atoms with Gasteiger partial charge >= 0.3 is 0 Å². The predicted molar refractivity (Wildman–Crippen MR) is 85.0 cm³/mol. The summed E-state index contributed by atoms with van der Waals surface area (Å²) in [4.78, 5) is 0. The van der Waals surface area contributed by atoms with Crippen LogP contribution in [0.3, 0.4) is 0 Å². The molecule has 0 fully saturated rings. The first-order valence-electron chi connectivity index (χ1n) is 5.55. The number of aryl methyl sites for hydroxylation is 1. The van der Waals surface area contributed by atoms with Gasteiger partial charge in [0.05, 0.1) is 7.11 Å². The van der Waals surface area contributed by atoms with E-state index in [-0.39, 0.29) is 24.0 Å². The number of hydrogen-bond donors (Lipinski definition) is 0. The Balaban J connectivity index is 0.00000162. The molecular formula is C15H17INO+. The highest BCUT2D eigenvalue weighted by atomic mass is 127. The van der Waals surface area contributed by atoms with Gasteiger partial charge in [-0.25, -0.2) is 4.57 Å². The summed E-state index contributed by atoms with van der Waals surface area (Å²) >= 11 is 0. The molecule has 94 valence electrons. The quantitative estimate of drug-likeness (QED) is 0.609. The molecule has 0 aliphatic rings. The summed E-state index contributed by atoms with van der Waals surface area (Å²) in [5.74, 6) is 0.883. The van der Waals surface area contributed by atoms with E-state index in [9.17, 15) is 0 Å². The second-order valence-corrected chi connectivity index (χ2v) is 3.90. The van der Waals surface area contributed by atoms with Crippen molar-refractivity contribution >= 4 is 36.1 Å². The predicted octanol–water partition coefficient (Wildman–Crippen LogP) is 3.31. The lowest BCUT2D eigenvalue weighted by molar-refractivity contribution is -0.671. The summed E-state index contributed by atoms with van der Waals surface area (Å²) in [7, 11) is 3.69. The zero-order valence-corrected chi connectivity index (χ0v) is 12.9. The van der Waals surface area contributed by atoms with Crippen molar-refractivity contribution in [3.8, 4) is 5.75 Å². The topological polar surface area (TPSA) is 13.1 Å². The molecule has 1 aromatic carbocycles. The minimum Gasteiger partial charge on any atom is -0.497 e. The average Bonchev–Trinajstić information content (AvgIpc) is 2.39. The molecule has 0 aliphatic carbocycles. The van der Waals surface area contributed by atoms with Crippen molar-refractivity contribution < 1.29 is 9.30 Å². The van der Waals surface area contributed by atoms with Crippen LogP contribution in [0.1, 0.15) is 11.1 Å². The van der Waals surface area contributed by atoms with Crippen LogP contribution in [0.5, 0.6) is 5.75 Å². The fraction of sp³-hybridized carbons (Fsp3) is 0.133. The summed E-state index contributed by atoms with van der Waals surface area (Å²) in [6, 6.07) is 12.2. The highest BCUT2D eigenvalue weighted by Gasteiger charge is 1.92. The molecule has 0 atom stereocenters. The number of halogens is 1.